The molecule has 2 heteroatoms. The number of carbonyl (C=O) groups excluding carboxylic acids is 1. The SMILES string of the molecule is NCC1=CC1C=O. The molecular formula is C5H7NO. The lowest BCUT2D eigenvalue weighted by Crippen LogP contribution is -1.98. The van der Waals surface area contributed by atoms with Crippen LogP contribution in [0.4, 0.5) is 0 Å². The van der Waals surface area contributed by atoms with Crippen molar-refractivity contribution in [3.63, 3.8) is 0 Å². The maximum Gasteiger partial charge on any atom is 0.130 e. The number of hydrogen-bond acceptors (Lipinski definition) is 2. The van der Waals surface area contributed by atoms with Crippen LogP contribution in [0.25, 0.3) is 0 Å². The molecule has 2 N–H and O–H groups in total. The minimum atomic E-state index is 0.102. The first kappa shape index (κ1) is 4.53. The molecule has 38 valence electrons. The van der Waals surface area contributed by atoms with Crippen molar-refractivity contribution in [2.75, 3.05) is 6.54 Å². The third-order valence-corrected chi connectivity index (χ3v) is 1.09. The minimum absolute atomic E-state index is 0.102. The summed E-state index contributed by atoms with van der Waals surface area (Å²) in [6, 6.07) is 0. The van der Waals surface area contributed by atoms with Crippen molar-refractivity contribution < 1.29 is 4.79 Å². The summed E-state index contributed by atoms with van der Waals surface area (Å²) in [6.45, 7) is 0.545. The van der Waals surface area contributed by atoms with E-state index in [1.807, 2.05) is 6.08 Å². The van der Waals surface area contributed by atoms with E-state index in [0.717, 1.165) is 11.9 Å². The quantitative estimate of drug-likeness (QED) is 0.379. The van der Waals surface area contributed by atoms with Crippen LogP contribution in [0.15, 0.2) is 11.6 Å². The molecule has 0 aliphatic heterocycles. The highest BCUT2D eigenvalue weighted by molar-refractivity contribution is 5.69. The predicted molar refractivity (Wildman–Crippen MR) is 26.7 cm³/mol. The van der Waals surface area contributed by atoms with Crippen LogP contribution in [0, 0.1) is 5.92 Å². The lowest BCUT2D eigenvalue weighted by Gasteiger charge is -1.79. The van der Waals surface area contributed by atoms with E-state index in [1.54, 1.807) is 0 Å². The van der Waals surface area contributed by atoms with Gasteiger partial charge in [0.1, 0.15) is 6.29 Å². The summed E-state index contributed by atoms with van der Waals surface area (Å²) < 4.78 is 0. The van der Waals surface area contributed by atoms with Gasteiger partial charge in [-0.3, -0.25) is 0 Å². The Hall–Kier alpha value is -0.630. The summed E-state index contributed by atoms with van der Waals surface area (Å²) in [5.41, 5.74) is 6.25. The van der Waals surface area contributed by atoms with Gasteiger partial charge in [-0.1, -0.05) is 6.08 Å². The van der Waals surface area contributed by atoms with E-state index in [4.69, 9.17) is 5.73 Å². The Kier molecular flexibility index (Phi) is 0.947. The van der Waals surface area contributed by atoms with Gasteiger partial charge >= 0.3 is 0 Å². The molecule has 0 spiro atoms. The van der Waals surface area contributed by atoms with Gasteiger partial charge in [0.15, 0.2) is 0 Å². The molecule has 1 unspecified atom stereocenters. The second-order valence-electron chi connectivity index (χ2n) is 1.61. The molecule has 1 aliphatic carbocycles. The highest BCUT2D eigenvalue weighted by atomic mass is 16.1. The summed E-state index contributed by atoms with van der Waals surface area (Å²) >= 11 is 0. The van der Waals surface area contributed by atoms with Gasteiger partial charge in [-0.15, -0.1) is 0 Å². The average molecular weight is 97.1 g/mol. The van der Waals surface area contributed by atoms with Crippen molar-refractivity contribution in [3.05, 3.63) is 11.6 Å². The van der Waals surface area contributed by atoms with Crippen LogP contribution in [0.3, 0.4) is 0 Å². The van der Waals surface area contributed by atoms with E-state index in [0.29, 0.717) is 6.54 Å². The van der Waals surface area contributed by atoms with Gasteiger partial charge in [0.2, 0.25) is 0 Å². The smallest absolute Gasteiger partial charge is 0.130 e. The topological polar surface area (TPSA) is 43.1 Å². The molecule has 1 aliphatic rings. The molecule has 1 atom stereocenters. The zero-order chi connectivity index (χ0) is 5.28. The lowest BCUT2D eigenvalue weighted by molar-refractivity contribution is -0.108. The Morgan fingerprint density at radius 2 is 2.71 bits per heavy atom. The van der Waals surface area contributed by atoms with E-state index in [-0.39, 0.29) is 5.92 Å². The molecule has 0 radical (unpaired) electrons. The molecule has 0 aromatic carbocycles. The number of hydrogen-bond donors (Lipinski definition) is 1. The van der Waals surface area contributed by atoms with Gasteiger partial charge in [0.05, 0.1) is 5.92 Å². The standard InChI is InChI=1S/C5H7NO/c6-2-4-1-5(4)3-7/h1,3,5H,2,6H2. The predicted octanol–water partition coefficient (Wildman–Crippen LogP) is -0.300. The fourth-order valence-electron chi connectivity index (χ4n) is 0.513. The summed E-state index contributed by atoms with van der Waals surface area (Å²) in [5.74, 6) is 0.102. The maximum atomic E-state index is 9.83. The van der Waals surface area contributed by atoms with Crippen molar-refractivity contribution in [1.82, 2.24) is 0 Å². The Bertz CT molecular complexity index is 117. The van der Waals surface area contributed by atoms with Crippen molar-refractivity contribution >= 4 is 6.29 Å². The summed E-state index contributed by atoms with van der Waals surface area (Å²) in [7, 11) is 0. The van der Waals surface area contributed by atoms with Crippen molar-refractivity contribution in [2.45, 2.75) is 0 Å². The van der Waals surface area contributed by atoms with E-state index in [1.165, 1.54) is 0 Å². The van der Waals surface area contributed by atoms with E-state index < -0.39 is 0 Å². The Morgan fingerprint density at radius 1 is 2.00 bits per heavy atom. The highest BCUT2D eigenvalue weighted by Gasteiger charge is 2.20. The summed E-state index contributed by atoms with van der Waals surface area (Å²) in [4.78, 5) is 9.83. The Balaban J connectivity index is 2.27. The van der Waals surface area contributed by atoms with Crippen LogP contribution in [0.1, 0.15) is 0 Å². The Labute approximate surface area is 42.0 Å². The second-order valence-corrected chi connectivity index (χ2v) is 1.61. The highest BCUT2D eigenvalue weighted by Crippen LogP contribution is 2.23. The van der Waals surface area contributed by atoms with Gasteiger partial charge in [-0.25, -0.2) is 0 Å². The van der Waals surface area contributed by atoms with Gasteiger partial charge in [0.25, 0.3) is 0 Å². The zero-order valence-electron chi connectivity index (χ0n) is 3.92. The van der Waals surface area contributed by atoms with E-state index in [9.17, 15) is 4.79 Å². The molecule has 0 bridgehead atoms. The van der Waals surface area contributed by atoms with Crippen LogP contribution in [-0.2, 0) is 4.79 Å². The molecule has 2 nitrogen and oxygen atoms in total. The van der Waals surface area contributed by atoms with Gasteiger partial charge in [-0.05, 0) is 5.57 Å². The van der Waals surface area contributed by atoms with Gasteiger partial charge in [0, 0.05) is 6.54 Å². The number of nitrogens with two attached hydrogens (primary N) is 1. The molecule has 1 rings (SSSR count). The summed E-state index contributed by atoms with van der Waals surface area (Å²) in [6.07, 6.45) is 2.77. The van der Waals surface area contributed by atoms with E-state index in [2.05, 4.69) is 0 Å². The third kappa shape index (κ3) is 0.695. The molecule has 0 aromatic heterocycles. The third-order valence-electron chi connectivity index (χ3n) is 1.09. The monoisotopic (exact) mass is 97.1 g/mol. The first-order valence-electron chi connectivity index (χ1n) is 2.24. The van der Waals surface area contributed by atoms with Crippen LogP contribution >= 0.6 is 0 Å². The molecular weight excluding hydrogens is 90.1 g/mol. The second kappa shape index (κ2) is 1.46. The number of carbonyl (C=O) groups is 1. The summed E-state index contributed by atoms with van der Waals surface area (Å²) in [5, 5.41) is 0. The van der Waals surface area contributed by atoms with E-state index >= 15 is 0 Å². The maximum absolute atomic E-state index is 9.83. The molecule has 7 heavy (non-hydrogen) atoms. The molecule has 0 fully saturated rings. The van der Waals surface area contributed by atoms with Crippen molar-refractivity contribution in [2.24, 2.45) is 11.7 Å². The zero-order valence-corrected chi connectivity index (χ0v) is 3.92. The Morgan fingerprint density at radius 3 is 2.86 bits per heavy atom. The molecule has 0 aromatic rings. The fraction of sp³-hybridized carbons (Fsp3) is 0.400. The number of aldehydes is 1. The lowest BCUT2D eigenvalue weighted by atomic mass is 10.3. The van der Waals surface area contributed by atoms with Crippen LogP contribution in [0.5, 0.6) is 0 Å². The molecule has 0 amide bonds. The normalized spacial score (nSPS) is 26.4. The average Bonchev–Trinajstić information content (AvgIpc) is 2.43. The molecule has 0 saturated heterocycles. The molecule has 0 heterocycles. The first-order valence-corrected chi connectivity index (χ1v) is 2.24. The van der Waals surface area contributed by atoms with Gasteiger partial charge < -0.3 is 10.5 Å². The van der Waals surface area contributed by atoms with Crippen molar-refractivity contribution in [3.8, 4) is 0 Å². The largest absolute Gasteiger partial charge is 0.327 e. The minimum Gasteiger partial charge on any atom is -0.327 e. The number of rotatable bonds is 2. The number of allylic oxidation sites excluding steroid dienone is 1. The molecule has 0 saturated carbocycles. The van der Waals surface area contributed by atoms with Crippen molar-refractivity contribution in [1.29, 1.82) is 0 Å². The van der Waals surface area contributed by atoms with Crippen LogP contribution in [0.2, 0.25) is 0 Å². The van der Waals surface area contributed by atoms with Crippen LogP contribution < -0.4 is 5.73 Å². The first-order chi connectivity index (χ1) is 3.38. The van der Waals surface area contributed by atoms with Gasteiger partial charge in [-0.2, -0.15) is 0 Å². The fourth-order valence-corrected chi connectivity index (χ4v) is 0.513. The van der Waals surface area contributed by atoms with Crippen LogP contribution in [-0.4, -0.2) is 12.8 Å².